The fraction of sp³-hybridized carbons (Fsp3) is 0.444. The molecule has 0 radical (unpaired) electrons. The fourth-order valence-electron chi connectivity index (χ4n) is 2.75. The van der Waals surface area contributed by atoms with Crippen molar-refractivity contribution in [1.82, 2.24) is 20.3 Å². The Bertz CT molecular complexity index is 814. The van der Waals surface area contributed by atoms with Crippen LogP contribution < -0.4 is 5.32 Å². The summed E-state index contributed by atoms with van der Waals surface area (Å²) in [5, 5.41) is 29.0. The molecule has 0 spiro atoms. The van der Waals surface area contributed by atoms with Gasteiger partial charge in [0.15, 0.2) is 0 Å². The first kappa shape index (κ1) is 22.2. The van der Waals surface area contributed by atoms with Crippen LogP contribution in [0.1, 0.15) is 29.5 Å². The van der Waals surface area contributed by atoms with Crippen molar-refractivity contribution in [1.29, 1.82) is 0 Å². The van der Waals surface area contributed by atoms with Gasteiger partial charge >= 0.3 is 11.9 Å². The van der Waals surface area contributed by atoms with Crippen LogP contribution in [0.2, 0.25) is 5.02 Å². The molecule has 0 bridgehead atoms. The van der Waals surface area contributed by atoms with Gasteiger partial charge in [-0.1, -0.05) is 22.9 Å². The van der Waals surface area contributed by atoms with Crippen LogP contribution in [-0.2, 0) is 35.2 Å². The van der Waals surface area contributed by atoms with E-state index in [4.69, 9.17) is 21.8 Å². The smallest absolute Gasteiger partial charge is 0.303 e. The molecule has 0 aliphatic carbocycles. The molecule has 152 valence electrons. The number of rotatable bonds is 6. The maximum Gasteiger partial charge on any atom is 0.303 e. The van der Waals surface area contributed by atoms with E-state index in [1.54, 1.807) is 22.6 Å². The zero-order valence-electron chi connectivity index (χ0n) is 15.5. The number of halogens is 1. The minimum atomic E-state index is -1.08. The molecule has 0 amide bonds. The standard InChI is InChI=1S/C14H17ClN4S.C4H6O4/c1-19-14(8-17-18-19)20-9-12-11-5-7-16-6-4-10(11)2-3-13(12)15;5-3(6)1-2-4(7)8/h2-3,8,16H,4-7,9H2,1H3;1-2H2,(H,5,6)(H,7,8). The molecule has 0 fully saturated rings. The van der Waals surface area contributed by atoms with Gasteiger partial charge in [-0.05, 0) is 48.7 Å². The van der Waals surface area contributed by atoms with E-state index in [9.17, 15) is 9.59 Å². The molecule has 1 aliphatic rings. The van der Waals surface area contributed by atoms with Crippen LogP contribution in [0.3, 0.4) is 0 Å². The quantitative estimate of drug-likeness (QED) is 0.602. The van der Waals surface area contributed by atoms with Crippen molar-refractivity contribution in [2.45, 2.75) is 36.5 Å². The zero-order valence-corrected chi connectivity index (χ0v) is 17.1. The van der Waals surface area contributed by atoms with Gasteiger partial charge in [0.1, 0.15) is 5.03 Å². The maximum atomic E-state index is 9.64. The Labute approximate surface area is 172 Å². The molecule has 0 saturated carbocycles. The summed E-state index contributed by atoms with van der Waals surface area (Å²) in [7, 11) is 1.91. The SMILES string of the molecule is Cn1nncc1SCc1c(Cl)ccc2c1CCNCC2.O=C(O)CCC(=O)O. The lowest BCUT2D eigenvalue weighted by Gasteiger charge is -2.14. The van der Waals surface area contributed by atoms with Gasteiger partial charge in [0, 0.05) is 17.8 Å². The Morgan fingerprint density at radius 1 is 1.21 bits per heavy atom. The number of nitrogens with zero attached hydrogens (tertiary/aromatic N) is 3. The number of hydrogen-bond acceptors (Lipinski definition) is 6. The molecule has 1 aliphatic heterocycles. The van der Waals surface area contributed by atoms with Crippen molar-refractivity contribution in [3.63, 3.8) is 0 Å². The molecular weight excluding hydrogens is 404 g/mol. The number of aryl methyl sites for hydroxylation is 1. The summed E-state index contributed by atoms with van der Waals surface area (Å²) < 4.78 is 1.79. The first-order valence-corrected chi connectivity index (χ1v) is 10.2. The third kappa shape index (κ3) is 6.81. The molecule has 0 atom stereocenters. The minimum Gasteiger partial charge on any atom is -0.481 e. The minimum absolute atomic E-state index is 0.296. The lowest BCUT2D eigenvalue weighted by molar-refractivity contribution is -0.143. The van der Waals surface area contributed by atoms with Crippen molar-refractivity contribution in [3.05, 3.63) is 40.0 Å². The average molecular weight is 427 g/mol. The monoisotopic (exact) mass is 426 g/mol. The lowest BCUT2D eigenvalue weighted by atomic mass is 9.98. The molecule has 10 heteroatoms. The van der Waals surface area contributed by atoms with Crippen molar-refractivity contribution in [3.8, 4) is 0 Å². The predicted octanol–water partition coefficient (Wildman–Crippen LogP) is 2.38. The van der Waals surface area contributed by atoms with Gasteiger partial charge < -0.3 is 15.5 Å². The van der Waals surface area contributed by atoms with E-state index in [-0.39, 0.29) is 12.8 Å². The topological polar surface area (TPSA) is 117 Å². The van der Waals surface area contributed by atoms with Crippen LogP contribution in [-0.4, -0.2) is 50.2 Å². The summed E-state index contributed by atoms with van der Waals surface area (Å²) in [6.45, 7) is 2.07. The van der Waals surface area contributed by atoms with Gasteiger partial charge in [0.05, 0.1) is 19.0 Å². The Hall–Kier alpha value is -2.10. The van der Waals surface area contributed by atoms with Crippen molar-refractivity contribution >= 4 is 35.3 Å². The number of hydrogen-bond donors (Lipinski definition) is 3. The van der Waals surface area contributed by atoms with E-state index < -0.39 is 11.9 Å². The number of aliphatic carboxylic acids is 2. The van der Waals surface area contributed by atoms with Gasteiger partial charge in [-0.15, -0.1) is 16.9 Å². The highest BCUT2D eigenvalue weighted by atomic mass is 35.5. The summed E-state index contributed by atoms with van der Waals surface area (Å²) in [6, 6.07) is 4.20. The van der Waals surface area contributed by atoms with Crippen LogP contribution in [0.25, 0.3) is 0 Å². The van der Waals surface area contributed by atoms with E-state index in [2.05, 4.69) is 21.7 Å². The normalized spacial score (nSPS) is 13.1. The van der Waals surface area contributed by atoms with Crippen LogP contribution in [0.5, 0.6) is 0 Å². The summed E-state index contributed by atoms with van der Waals surface area (Å²) in [5.74, 6) is -1.29. The van der Waals surface area contributed by atoms with Crippen LogP contribution in [0, 0.1) is 0 Å². The number of benzene rings is 1. The summed E-state index contributed by atoms with van der Waals surface area (Å²) in [5.41, 5.74) is 4.11. The molecule has 0 unspecified atom stereocenters. The van der Waals surface area contributed by atoms with E-state index in [0.717, 1.165) is 41.7 Å². The zero-order chi connectivity index (χ0) is 20.5. The Balaban J connectivity index is 0.000000300. The van der Waals surface area contributed by atoms with Crippen LogP contribution >= 0.6 is 23.4 Å². The predicted molar refractivity (Wildman–Crippen MR) is 107 cm³/mol. The van der Waals surface area contributed by atoms with Crippen molar-refractivity contribution < 1.29 is 19.8 Å². The second-order valence-corrected chi connectivity index (χ2v) is 7.59. The number of aromatic nitrogens is 3. The number of nitrogens with one attached hydrogen (secondary N) is 1. The Morgan fingerprint density at radius 3 is 2.50 bits per heavy atom. The molecule has 1 aromatic carbocycles. The van der Waals surface area contributed by atoms with Crippen molar-refractivity contribution in [2.24, 2.45) is 7.05 Å². The Kier molecular flexibility index (Phi) is 8.75. The molecule has 8 nitrogen and oxygen atoms in total. The van der Waals surface area contributed by atoms with E-state index in [0.29, 0.717) is 0 Å². The number of carboxylic acid groups (broad SMARTS) is 2. The van der Waals surface area contributed by atoms with Crippen LogP contribution in [0.4, 0.5) is 0 Å². The van der Waals surface area contributed by atoms with Crippen molar-refractivity contribution in [2.75, 3.05) is 13.1 Å². The van der Waals surface area contributed by atoms with Gasteiger partial charge in [-0.2, -0.15) is 0 Å². The number of thioether (sulfide) groups is 1. The number of carboxylic acids is 2. The molecular formula is C18H23ClN4O4S. The van der Waals surface area contributed by atoms with E-state index in [1.165, 1.54) is 16.7 Å². The molecule has 2 aromatic rings. The van der Waals surface area contributed by atoms with Gasteiger partial charge in [0.2, 0.25) is 0 Å². The van der Waals surface area contributed by atoms with E-state index >= 15 is 0 Å². The summed E-state index contributed by atoms with van der Waals surface area (Å²) >= 11 is 8.16. The maximum absolute atomic E-state index is 9.64. The molecule has 28 heavy (non-hydrogen) atoms. The second-order valence-electron chi connectivity index (χ2n) is 6.19. The highest BCUT2D eigenvalue weighted by Gasteiger charge is 2.15. The first-order valence-electron chi connectivity index (χ1n) is 8.79. The summed E-state index contributed by atoms with van der Waals surface area (Å²) in [4.78, 5) is 19.3. The number of carbonyl (C=O) groups is 2. The van der Waals surface area contributed by atoms with Gasteiger partial charge in [-0.25, -0.2) is 4.68 Å². The van der Waals surface area contributed by atoms with Gasteiger partial charge in [0.25, 0.3) is 0 Å². The van der Waals surface area contributed by atoms with Gasteiger partial charge in [-0.3, -0.25) is 9.59 Å². The third-order valence-electron chi connectivity index (χ3n) is 4.18. The van der Waals surface area contributed by atoms with E-state index in [1.807, 2.05) is 13.1 Å². The lowest BCUT2D eigenvalue weighted by Crippen LogP contribution is -2.16. The molecule has 2 heterocycles. The highest BCUT2D eigenvalue weighted by Crippen LogP contribution is 2.31. The molecule has 3 N–H and O–H groups in total. The molecule has 0 saturated heterocycles. The molecule has 3 rings (SSSR count). The first-order chi connectivity index (χ1) is 13.4. The number of fused-ring (bicyclic) bond motifs is 1. The Morgan fingerprint density at radius 2 is 1.89 bits per heavy atom. The fourth-order valence-corrected chi connectivity index (χ4v) is 4.04. The average Bonchev–Trinajstić information content (AvgIpc) is 2.91. The molecule has 1 aromatic heterocycles. The highest BCUT2D eigenvalue weighted by molar-refractivity contribution is 7.98. The third-order valence-corrected chi connectivity index (χ3v) is 5.64. The largest absolute Gasteiger partial charge is 0.481 e. The summed E-state index contributed by atoms with van der Waals surface area (Å²) in [6.07, 6.45) is 3.33. The second kappa shape index (κ2) is 11.0. The van der Waals surface area contributed by atoms with Crippen LogP contribution in [0.15, 0.2) is 23.4 Å².